The third kappa shape index (κ3) is 5.66. The first-order valence-corrected chi connectivity index (χ1v) is 7.67. The molecule has 1 atom stereocenters. The molecule has 0 spiro atoms. The lowest BCUT2D eigenvalue weighted by molar-refractivity contribution is -0.143. The fourth-order valence-corrected chi connectivity index (χ4v) is 2.16. The van der Waals surface area contributed by atoms with E-state index in [1.54, 1.807) is 0 Å². The summed E-state index contributed by atoms with van der Waals surface area (Å²) in [5.74, 6) is -1.28. The van der Waals surface area contributed by atoms with Gasteiger partial charge in [-0.1, -0.05) is 29.8 Å². The molecule has 2 N–H and O–H groups in total. The van der Waals surface area contributed by atoms with Gasteiger partial charge in [-0.25, -0.2) is 18.6 Å². The molecule has 0 aliphatic rings. The van der Waals surface area contributed by atoms with Crippen molar-refractivity contribution in [2.45, 2.75) is 38.7 Å². The number of hydrogen-bond donors (Lipinski definition) is 2. The molecular formula is C17H18F2N2O4. The lowest BCUT2D eigenvalue weighted by Gasteiger charge is -2.13. The SMILES string of the molecule is Cc1ccc(-c2cnc(CCC(=O)NC(CC(F)F)C(=O)O)o2)cc1. The van der Waals surface area contributed by atoms with Gasteiger partial charge in [0, 0.05) is 24.8 Å². The molecule has 0 radical (unpaired) electrons. The molecule has 134 valence electrons. The molecule has 2 aromatic rings. The van der Waals surface area contributed by atoms with Crippen LogP contribution in [0.5, 0.6) is 0 Å². The zero-order chi connectivity index (χ0) is 18.4. The smallest absolute Gasteiger partial charge is 0.326 e. The second-order valence-corrected chi connectivity index (χ2v) is 5.57. The Hall–Kier alpha value is -2.77. The number of aryl methyl sites for hydroxylation is 2. The largest absolute Gasteiger partial charge is 0.480 e. The van der Waals surface area contributed by atoms with Crippen molar-refractivity contribution < 1.29 is 27.9 Å². The number of carbonyl (C=O) groups excluding carboxylic acids is 1. The fourth-order valence-electron chi connectivity index (χ4n) is 2.16. The van der Waals surface area contributed by atoms with Gasteiger partial charge in [0.15, 0.2) is 11.7 Å². The van der Waals surface area contributed by atoms with E-state index >= 15 is 0 Å². The molecule has 0 fully saturated rings. The van der Waals surface area contributed by atoms with Crippen LogP contribution in [0.3, 0.4) is 0 Å². The lowest BCUT2D eigenvalue weighted by atomic mass is 10.1. The van der Waals surface area contributed by atoms with E-state index in [1.807, 2.05) is 31.2 Å². The normalized spacial score (nSPS) is 12.2. The van der Waals surface area contributed by atoms with Gasteiger partial charge in [-0.15, -0.1) is 0 Å². The van der Waals surface area contributed by atoms with Crippen molar-refractivity contribution in [2.24, 2.45) is 0 Å². The molecule has 1 heterocycles. The average molecular weight is 352 g/mol. The first-order valence-electron chi connectivity index (χ1n) is 7.67. The Kier molecular flexibility index (Phi) is 6.21. The maximum Gasteiger partial charge on any atom is 0.326 e. The van der Waals surface area contributed by atoms with Gasteiger partial charge in [0.05, 0.1) is 6.20 Å². The maximum atomic E-state index is 12.3. The number of carboxylic acids is 1. The van der Waals surface area contributed by atoms with Gasteiger partial charge in [-0.3, -0.25) is 4.79 Å². The predicted molar refractivity (Wildman–Crippen MR) is 85.2 cm³/mol. The predicted octanol–water partition coefficient (Wildman–Crippen LogP) is 2.81. The molecule has 25 heavy (non-hydrogen) atoms. The molecule has 1 aromatic heterocycles. The van der Waals surface area contributed by atoms with Crippen molar-refractivity contribution in [1.29, 1.82) is 0 Å². The molecule has 8 heteroatoms. The minimum atomic E-state index is -2.81. The zero-order valence-electron chi connectivity index (χ0n) is 13.5. The van der Waals surface area contributed by atoms with Gasteiger partial charge in [-0.2, -0.15) is 0 Å². The van der Waals surface area contributed by atoms with Crippen LogP contribution in [-0.2, 0) is 16.0 Å². The van der Waals surface area contributed by atoms with E-state index in [0.29, 0.717) is 11.7 Å². The number of rotatable bonds is 8. The van der Waals surface area contributed by atoms with Gasteiger partial charge in [0.2, 0.25) is 12.3 Å². The molecule has 0 bridgehead atoms. The van der Waals surface area contributed by atoms with Crippen LogP contribution in [0.4, 0.5) is 8.78 Å². The highest BCUT2D eigenvalue weighted by molar-refractivity contribution is 5.83. The number of hydrogen-bond acceptors (Lipinski definition) is 4. The minimum Gasteiger partial charge on any atom is -0.480 e. The molecule has 1 unspecified atom stereocenters. The average Bonchev–Trinajstić information content (AvgIpc) is 3.01. The van der Waals surface area contributed by atoms with Crippen LogP contribution >= 0.6 is 0 Å². The summed E-state index contributed by atoms with van der Waals surface area (Å²) in [7, 11) is 0. The molecule has 0 aliphatic carbocycles. The number of aromatic nitrogens is 1. The second kappa shape index (κ2) is 8.36. The van der Waals surface area contributed by atoms with Crippen molar-refractivity contribution in [1.82, 2.24) is 10.3 Å². The van der Waals surface area contributed by atoms with Crippen molar-refractivity contribution in [3.63, 3.8) is 0 Å². The lowest BCUT2D eigenvalue weighted by Crippen LogP contribution is -2.42. The number of carbonyl (C=O) groups is 2. The first kappa shape index (κ1) is 18.6. The number of aliphatic carboxylic acids is 1. The van der Waals surface area contributed by atoms with Crippen LogP contribution in [0.25, 0.3) is 11.3 Å². The van der Waals surface area contributed by atoms with Gasteiger partial charge in [0.1, 0.15) is 6.04 Å². The Morgan fingerprint density at radius 1 is 1.28 bits per heavy atom. The Balaban J connectivity index is 1.89. The number of oxazole rings is 1. The summed E-state index contributed by atoms with van der Waals surface area (Å²) < 4.78 is 30.1. The highest BCUT2D eigenvalue weighted by Gasteiger charge is 2.24. The topological polar surface area (TPSA) is 92.4 Å². The summed E-state index contributed by atoms with van der Waals surface area (Å²) in [6, 6.07) is 6.02. The standard InChI is InChI=1S/C17H18F2N2O4/c1-10-2-4-11(5-3-10)13-9-20-16(25-13)7-6-15(22)21-12(17(23)24)8-14(18)19/h2-5,9,12,14H,6-8H2,1H3,(H,21,22)(H,23,24). The van der Waals surface area contributed by atoms with Crippen LogP contribution < -0.4 is 5.32 Å². The summed E-state index contributed by atoms with van der Waals surface area (Å²) in [5, 5.41) is 10.9. The number of nitrogens with one attached hydrogen (secondary N) is 1. The van der Waals surface area contributed by atoms with Crippen molar-refractivity contribution in [3.05, 3.63) is 41.9 Å². The highest BCUT2D eigenvalue weighted by atomic mass is 19.3. The summed E-state index contributed by atoms with van der Waals surface area (Å²) in [6.07, 6.45) is -2.18. The number of benzene rings is 1. The third-order valence-electron chi connectivity index (χ3n) is 3.50. The van der Waals surface area contributed by atoms with Crippen LogP contribution in [0, 0.1) is 6.92 Å². The van der Waals surface area contributed by atoms with Crippen LogP contribution in [0.2, 0.25) is 0 Å². The monoisotopic (exact) mass is 352 g/mol. The van der Waals surface area contributed by atoms with E-state index in [9.17, 15) is 18.4 Å². The van der Waals surface area contributed by atoms with Crippen molar-refractivity contribution in [2.75, 3.05) is 0 Å². The molecule has 0 saturated heterocycles. The van der Waals surface area contributed by atoms with E-state index < -0.39 is 30.8 Å². The number of carboxylic acid groups (broad SMARTS) is 1. The van der Waals surface area contributed by atoms with Gasteiger partial charge >= 0.3 is 5.97 Å². The third-order valence-corrected chi connectivity index (χ3v) is 3.50. The van der Waals surface area contributed by atoms with E-state index in [2.05, 4.69) is 10.3 Å². The molecular weight excluding hydrogens is 334 g/mol. The Labute approximate surface area is 142 Å². The number of alkyl halides is 2. The molecule has 2 rings (SSSR count). The van der Waals surface area contributed by atoms with E-state index in [4.69, 9.17) is 9.52 Å². The molecule has 0 saturated carbocycles. The van der Waals surface area contributed by atoms with E-state index in [-0.39, 0.29) is 12.8 Å². The maximum absolute atomic E-state index is 12.3. The van der Waals surface area contributed by atoms with Crippen LogP contribution in [0.1, 0.15) is 24.3 Å². The number of nitrogens with zero attached hydrogens (tertiary/aromatic N) is 1. The van der Waals surface area contributed by atoms with E-state index in [0.717, 1.165) is 11.1 Å². The second-order valence-electron chi connectivity index (χ2n) is 5.57. The molecule has 6 nitrogen and oxygen atoms in total. The quantitative estimate of drug-likeness (QED) is 0.762. The zero-order valence-corrected chi connectivity index (χ0v) is 13.5. The van der Waals surface area contributed by atoms with E-state index in [1.165, 1.54) is 6.20 Å². The Morgan fingerprint density at radius 2 is 1.96 bits per heavy atom. The fraction of sp³-hybridized carbons (Fsp3) is 0.353. The van der Waals surface area contributed by atoms with Crippen LogP contribution in [-0.4, -0.2) is 34.4 Å². The first-order chi connectivity index (χ1) is 11.8. The van der Waals surface area contributed by atoms with Gasteiger partial charge in [0.25, 0.3) is 0 Å². The van der Waals surface area contributed by atoms with Crippen LogP contribution in [0.15, 0.2) is 34.9 Å². The molecule has 1 aromatic carbocycles. The summed E-state index contributed by atoms with van der Waals surface area (Å²) in [4.78, 5) is 26.7. The summed E-state index contributed by atoms with van der Waals surface area (Å²) in [5.41, 5.74) is 1.95. The van der Waals surface area contributed by atoms with Crippen molar-refractivity contribution in [3.8, 4) is 11.3 Å². The number of halogens is 2. The Morgan fingerprint density at radius 3 is 2.56 bits per heavy atom. The van der Waals surface area contributed by atoms with Crippen molar-refractivity contribution >= 4 is 11.9 Å². The minimum absolute atomic E-state index is 0.110. The number of amides is 1. The molecule has 1 amide bonds. The molecule has 0 aliphatic heterocycles. The van der Waals surface area contributed by atoms with Gasteiger partial charge in [-0.05, 0) is 6.92 Å². The summed E-state index contributed by atoms with van der Waals surface area (Å²) >= 11 is 0. The summed E-state index contributed by atoms with van der Waals surface area (Å²) in [6.45, 7) is 1.96. The Bertz CT molecular complexity index is 729. The van der Waals surface area contributed by atoms with Gasteiger partial charge < -0.3 is 14.8 Å². The highest BCUT2D eigenvalue weighted by Crippen LogP contribution is 2.21.